The molecule has 1 aromatic carbocycles. The van der Waals surface area contributed by atoms with Gasteiger partial charge >= 0.3 is 0 Å². The maximum atomic E-state index is 11.5. The van der Waals surface area contributed by atoms with Crippen LogP contribution < -0.4 is 0 Å². The Hall–Kier alpha value is -0.100. The van der Waals surface area contributed by atoms with E-state index in [1.807, 2.05) is 18.2 Å². The molecule has 1 aromatic rings. The van der Waals surface area contributed by atoms with E-state index < -0.39 is 10.0 Å². The molecule has 6 heteroatoms. The first-order valence-corrected chi connectivity index (χ1v) is 7.31. The van der Waals surface area contributed by atoms with Gasteiger partial charge in [0, 0.05) is 18.6 Å². The highest BCUT2D eigenvalue weighted by Crippen LogP contribution is 2.18. The number of hydrogen-bond donors (Lipinski definition) is 0. The van der Waals surface area contributed by atoms with Crippen molar-refractivity contribution in [1.29, 1.82) is 0 Å². The summed E-state index contributed by atoms with van der Waals surface area (Å²) in [6.07, 6.45) is 0. The Morgan fingerprint density at radius 3 is 2.53 bits per heavy atom. The van der Waals surface area contributed by atoms with Crippen molar-refractivity contribution < 1.29 is 8.42 Å². The molecule has 0 bridgehead atoms. The fraction of sp³-hybridized carbons (Fsp3) is 0.333. The van der Waals surface area contributed by atoms with Crippen molar-refractivity contribution in [3.63, 3.8) is 0 Å². The minimum absolute atomic E-state index is 0.0824. The number of halogens is 2. The quantitative estimate of drug-likeness (QED) is 0.801. The molecule has 1 rings (SSSR count). The maximum absolute atomic E-state index is 11.5. The normalized spacial score (nSPS) is 12.0. The van der Waals surface area contributed by atoms with Crippen molar-refractivity contribution in [2.75, 3.05) is 11.7 Å². The van der Waals surface area contributed by atoms with Gasteiger partial charge in [-0.1, -0.05) is 45.7 Å². The molecule has 0 atom stereocenters. The maximum Gasteiger partial charge on any atom is 0.224 e. The van der Waals surface area contributed by atoms with Gasteiger partial charge in [0.2, 0.25) is 10.0 Å². The lowest BCUT2D eigenvalue weighted by molar-refractivity contribution is 0.471. The minimum Gasteiger partial charge on any atom is -0.211 e. The van der Waals surface area contributed by atoms with Crippen LogP contribution in [-0.4, -0.2) is 24.4 Å². The Labute approximate surface area is 103 Å². The van der Waals surface area contributed by atoms with Crippen LogP contribution >= 0.6 is 27.5 Å². The van der Waals surface area contributed by atoms with Crippen molar-refractivity contribution in [2.24, 2.45) is 0 Å². The predicted octanol–water partition coefficient (Wildman–Crippen LogP) is 2.45. The fourth-order valence-corrected chi connectivity index (χ4v) is 2.79. The van der Waals surface area contributed by atoms with Crippen molar-refractivity contribution >= 4 is 37.6 Å². The Kier molecular flexibility index (Phi) is 4.58. The molecule has 0 heterocycles. The van der Waals surface area contributed by atoms with Gasteiger partial charge in [-0.25, -0.2) is 8.42 Å². The van der Waals surface area contributed by atoms with Crippen LogP contribution in [0.25, 0.3) is 0 Å². The van der Waals surface area contributed by atoms with Gasteiger partial charge in [0.1, 0.15) is 4.66 Å². The third-order valence-electron chi connectivity index (χ3n) is 1.96. The van der Waals surface area contributed by atoms with Crippen LogP contribution in [0.15, 0.2) is 24.3 Å². The van der Waals surface area contributed by atoms with E-state index in [1.54, 1.807) is 6.07 Å². The zero-order valence-electron chi connectivity index (χ0n) is 8.15. The Bertz CT molecular complexity index is 435. The molecule has 0 spiro atoms. The van der Waals surface area contributed by atoms with E-state index in [9.17, 15) is 8.42 Å². The third-order valence-corrected chi connectivity index (χ3v) is 5.42. The smallest absolute Gasteiger partial charge is 0.211 e. The Morgan fingerprint density at radius 2 is 2.00 bits per heavy atom. The van der Waals surface area contributed by atoms with Gasteiger partial charge in [0.15, 0.2) is 0 Å². The van der Waals surface area contributed by atoms with Crippen molar-refractivity contribution in [1.82, 2.24) is 4.31 Å². The predicted molar refractivity (Wildman–Crippen MR) is 65.6 cm³/mol. The SMILES string of the molecule is CN(Cc1ccccc1Cl)S(=O)(=O)CBr. The molecule has 0 aliphatic heterocycles. The van der Waals surface area contributed by atoms with Gasteiger partial charge in [-0.3, -0.25) is 0 Å². The molecule has 0 saturated carbocycles. The summed E-state index contributed by atoms with van der Waals surface area (Å²) in [5.41, 5.74) is 0.797. The van der Waals surface area contributed by atoms with Crippen LogP contribution in [0.4, 0.5) is 0 Å². The summed E-state index contributed by atoms with van der Waals surface area (Å²) in [7, 11) is -1.69. The summed E-state index contributed by atoms with van der Waals surface area (Å²) in [6.45, 7) is 0.285. The highest BCUT2D eigenvalue weighted by Gasteiger charge is 2.16. The number of nitrogens with zero attached hydrogens (tertiary/aromatic N) is 1. The lowest BCUT2D eigenvalue weighted by atomic mass is 10.2. The van der Waals surface area contributed by atoms with E-state index in [2.05, 4.69) is 15.9 Å². The van der Waals surface area contributed by atoms with Crippen LogP contribution in [0.5, 0.6) is 0 Å². The molecule has 3 nitrogen and oxygen atoms in total. The highest BCUT2D eigenvalue weighted by atomic mass is 79.9. The largest absolute Gasteiger partial charge is 0.224 e. The number of rotatable bonds is 4. The first-order chi connectivity index (χ1) is 6.97. The molecular weight excluding hydrogens is 302 g/mol. The zero-order chi connectivity index (χ0) is 11.5. The van der Waals surface area contributed by atoms with E-state index in [0.717, 1.165) is 5.56 Å². The molecule has 0 aliphatic rings. The van der Waals surface area contributed by atoms with Crippen LogP contribution in [-0.2, 0) is 16.6 Å². The van der Waals surface area contributed by atoms with Gasteiger partial charge in [0.25, 0.3) is 0 Å². The second kappa shape index (κ2) is 5.30. The standard InChI is InChI=1S/C9H11BrClNO2S/c1-12(15(13,14)7-10)6-8-4-2-3-5-9(8)11/h2-5H,6-7H2,1H3. The van der Waals surface area contributed by atoms with Crippen LogP contribution in [0.2, 0.25) is 5.02 Å². The number of hydrogen-bond acceptors (Lipinski definition) is 2. The summed E-state index contributed by atoms with van der Waals surface area (Å²) >= 11 is 8.87. The lowest BCUT2D eigenvalue weighted by Crippen LogP contribution is -2.27. The van der Waals surface area contributed by atoms with Crippen LogP contribution in [0.1, 0.15) is 5.56 Å². The molecule has 0 saturated heterocycles. The Morgan fingerprint density at radius 1 is 1.40 bits per heavy atom. The Balaban J connectivity index is 2.84. The summed E-state index contributed by atoms with van der Waals surface area (Å²) in [5, 5.41) is 0.578. The molecule has 0 aliphatic carbocycles. The second-order valence-electron chi connectivity index (χ2n) is 3.07. The van der Waals surface area contributed by atoms with Gasteiger partial charge in [-0.05, 0) is 11.6 Å². The minimum atomic E-state index is -3.22. The molecule has 0 fully saturated rings. The summed E-state index contributed by atoms with van der Waals surface area (Å²) < 4.78 is 24.1. The van der Waals surface area contributed by atoms with Crippen LogP contribution in [0.3, 0.4) is 0 Å². The van der Waals surface area contributed by atoms with Gasteiger partial charge in [-0.2, -0.15) is 4.31 Å². The monoisotopic (exact) mass is 311 g/mol. The average molecular weight is 313 g/mol. The number of sulfonamides is 1. The number of benzene rings is 1. The van der Waals surface area contributed by atoms with E-state index in [1.165, 1.54) is 11.4 Å². The van der Waals surface area contributed by atoms with Gasteiger partial charge in [-0.15, -0.1) is 0 Å². The number of alkyl halides is 1. The molecule has 84 valence electrons. The molecule has 15 heavy (non-hydrogen) atoms. The zero-order valence-corrected chi connectivity index (χ0v) is 11.3. The third kappa shape index (κ3) is 3.45. The van der Waals surface area contributed by atoms with Crippen molar-refractivity contribution in [3.8, 4) is 0 Å². The molecule has 0 amide bonds. The summed E-state index contributed by atoms with van der Waals surface area (Å²) in [6, 6.07) is 7.19. The molecule has 0 aromatic heterocycles. The van der Waals surface area contributed by atoms with E-state index in [0.29, 0.717) is 5.02 Å². The second-order valence-corrected chi connectivity index (χ2v) is 6.85. The first-order valence-electron chi connectivity index (χ1n) is 4.21. The molecular formula is C9H11BrClNO2S. The first kappa shape index (κ1) is 13.0. The van der Waals surface area contributed by atoms with E-state index in [-0.39, 0.29) is 11.2 Å². The lowest BCUT2D eigenvalue weighted by Gasteiger charge is -2.16. The summed E-state index contributed by atoms with van der Waals surface area (Å²) in [4.78, 5) is 0. The van der Waals surface area contributed by atoms with Crippen molar-refractivity contribution in [2.45, 2.75) is 6.54 Å². The van der Waals surface area contributed by atoms with Crippen LogP contribution in [0, 0.1) is 0 Å². The molecule has 0 N–H and O–H groups in total. The van der Waals surface area contributed by atoms with Gasteiger partial charge < -0.3 is 0 Å². The molecule has 0 unspecified atom stereocenters. The average Bonchev–Trinajstić information content (AvgIpc) is 2.21. The van der Waals surface area contributed by atoms with E-state index >= 15 is 0 Å². The van der Waals surface area contributed by atoms with E-state index in [4.69, 9.17) is 11.6 Å². The van der Waals surface area contributed by atoms with Crippen molar-refractivity contribution in [3.05, 3.63) is 34.9 Å². The molecule has 0 radical (unpaired) electrons. The fourth-order valence-electron chi connectivity index (χ4n) is 1.05. The highest BCUT2D eigenvalue weighted by molar-refractivity contribution is 9.10. The topological polar surface area (TPSA) is 37.4 Å². The van der Waals surface area contributed by atoms with Gasteiger partial charge in [0.05, 0.1) is 0 Å². The summed E-state index contributed by atoms with van der Waals surface area (Å²) in [5.74, 6) is 0.